The first-order valence-corrected chi connectivity index (χ1v) is 6.20. The van der Waals surface area contributed by atoms with Gasteiger partial charge in [0.25, 0.3) is 0 Å². The van der Waals surface area contributed by atoms with Crippen molar-refractivity contribution >= 4 is 33.0 Å². The highest BCUT2D eigenvalue weighted by atomic mass is 79.9. The van der Waals surface area contributed by atoms with Crippen LogP contribution < -0.4 is 10.6 Å². The van der Waals surface area contributed by atoms with Gasteiger partial charge in [-0.3, -0.25) is 0 Å². The van der Waals surface area contributed by atoms with Crippen molar-refractivity contribution < 1.29 is 0 Å². The highest BCUT2D eigenvalue weighted by molar-refractivity contribution is 9.10. The standard InChI is InChI=1S/C14H12BrN3/c1-18(12-4-2-3-10(7-12)9-16)14-6-5-11(15)8-13(14)17/h2-8H,17H2,1H3. The number of nitriles is 1. The molecule has 4 heteroatoms. The van der Waals surface area contributed by atoms with Gasteiger partial charge in [-0.15, -0.1) is 0 Å². The fraction of sp³-hybridized carbons (Fsp3) is 0.0714. The number of nitrogens with zero attached hydrogens (tertiary/aromatic N) is 2. The fourth-order valence-electron chi connectivity index (χ4n) is 1.75. The second-order valence-electron chi connectivity index (χ2n) is 3.92. The van der Waals surface area contributed by atoms with Crippen molar-refractivity contribution in [3.05, 3.63) is 52.5 Å². The lowest BCUT2D eigenvalue weighted by Crippen LogP contribution is -2.11. The summed E-state index contributed by atoms with van der Waals surface area (Å²) in [5, 5.41) is 8.91. The van der Waals surface area contributed by atoms with Gasteiger partial charge in [0.1, 0.15) is 0 Å². The van der Waals surface area contributed by atoms with Crippen molar-refractivity contribution in [3.8, 4) is 6.07 Å². The molecule has 0 unspecified atom stereocenters. The Labute approximate surface area is 115 Å². The summed E-state index contributed by atoms with van der Waals surface area (Å²) in [7, 11) is 1.93. The smallest absolute Gasteiger partial charge is 0.0992 e. The SMILES string of the molecule is CN(c1cccc(C#N)c1)c1ccc(Br)cc1N. The van der Waals surface area contributed by atoms with Crippen LogP contribution in [0.1, 0.15) is 5.56 Å². The Bertz CT molecular complexity index is 617. The third-order valence-corrected chi connectivity index (χ3v) is 3.21. The lowest BCUT2D eigenvalue weighted by molar-refractivity contribution is 1.21. The minimum Gasteiger partial charge on any atom is -0.397 e. The molecule has 0 aliphatic carbocycles. The molecule has 0 spiro atoms. The number of benzene rings is 2. The van der Waals surface area contributed by atoms with E-state index in [-0.39, 0.29) is 0 Å². The van der Waals surface area contributed by atoms with Crippen molar-refractivity contribution in [1.29, 1.82) is 5.26 Å². The molecule has 0 aliphatic heterocycles. The molecular formula is C14H12BrN3. The van der Waals surface area contributed by atoms with Crippen LogP contribution in [-0.2, 0) is 0 Å². The van der Waals surface area contributed by atoms with Crippen LogP contribution in [0.2, 0.25) is 0 Å². The number of nitrogen functional groups attached to an aromatic ring is 1. The molecule has 0 saturated carbocycles. The molecule has 0 heterocycles. The van der Waals surface area contributed by atoms with Gasteiger partial charge in [-0.1, -0.05) is 22.0 Å². The van der Waals surface area contributed by atoms with Crippen molar-refractivity contribution in [1.82, 2.24) is 0 Å². The second-order valence-corrected chi connectivity index (χ2v) is 4.84. The van der Waals surface area contributed by atoms with Gasteiger partial charge >= 0.3 is 0 Å². The van der Waals surface area contributed by atoms with Crippen molar-refractivity contribution in [2.45, 2.75) is 0 Å². The monoisotopic (exact) mass is 301 g/mol. The number of anilines is 3. The molecule has 2 N–H and O–H groups in total. The molecule has 2 aromatic carbocycles. The minimum absolute atomic E-state index is 0.634. The molecule has 0 bridgehead atoms. The lowest BCUT2D eigenvalue weighted by atomic mass is 10.2. The van der Waals surface area contributed by atoms with Crippen LogP contribution >= 0.6 is 15.9 Å². The molecule has 2 aromatic rings. The zero-order valence-corrected chi connectivity index (χ0v) is 11.5. The van der Waals surface area contributed by atoms with Crippen LogP contribution in [0.15, 0.2) is 46.9 Å². The van der Waals surface area contributed by atoms with Crippen LogP contribution in [0, 0.1) is 11.3 Å². The Morgan fingerprint density at radius 1 is 1.22 bits per heavy atom. The Hall–Kier alpha value is -1.99. The van der Waals surface area contributed by atoms with E-state index in [0.29, 0.717) is 11.3 Å². The molecule has 0 aliphatic rings. The van der Waals surface area contributed by atoms with E-state index in [4.69, 9.17) is 11.0 Å². The minimum atomic E-state index is 0.634. The van der Waals surface area contributed by atoms with Crippen molar-refractivity contribution in [2.24, 2.45) is 0 Å². The average molecular weight is 302 g/mol. The number of nitrogens with two attached hydrogens (primary N) is 1. The first-order valence-electron chi connectivity index (χ1n) is 5.41. The molecule has 0 radical (unpaired) electrons. The van der Waals surface area contributed by atoms with E-state index >= 15 is 0 Å². The Morgan fingerprint density at radius 2 is 2.00 bits per heavy atom. The zero-order valence-electron chi connectivity index (χ0n) is 9.89. The first kappa shape index (κ1) is 12.5. The number of hydrogen-bond acceptors (Lipinski definition) is 3. The van der Waals surface area contributed by atoms with Gasteiger partial charge in [0.15, 0.2) is 0 Å². The summed E-state index contributed by atoms with van der Waals surface area (Å²) in [5.41, 5.74) is 9.16. The van der Waals surface area contributed by atoms with Crippen LogP contribution in [-0.4, -0.2) is 7.05 Å². The van der Waals surface area contributed by atoms with Crippen LogP contribution in [0.4, 0.5) is 17.1 Å². The molecule has 0 amide bonds. The van der Waals surface area contributed by atoms with Gasteiger partial charge in [-0.2, -0.15) is 5.26 Å². The van der Waals surface area contributed by atoms with Gasteiger partial charge in [0, 0.05) is 17.2 Å². The van der Waals surface area contributed by atoms with Crippen molar-refractivity contribution in [3.63, 3.8) is 0 Å². The van der Waals surface area contributed by atoms with E-state index in [1.54, 1.807) is 6.07 Å². The predicted octanol–water partition coefficient (Wildman–Crippen LogP) is 3.67. The number of rotatable bonds is 2. The lowest BCUT2D eigenvalue weighted by Gasteiger charge is -2.21. The van der Waals surface area contributed by atoms with E-state index in [1.807, 2.05) is 48.3 Å². The molecule has 90 valence electrons. The van der Waals surface area contributed by atoms with Gasteiger partial charge < -0.3 is 10.6 Å². The first-order chi connectivity index (χ1) is 8.61. The summed E-state index contributed by atoms with van der Waals surface area (Å²) in [6.07, 6.45) is 0. The van der Waals surface area contributed by atoms with E-state index < -0.39 is 0 Å². The Balaban J connectivity index is 2.41. The average Bonchev–Trinajstić information content (AvgIpc) is 2.38. The molecule has 0 aromatic heterocycles. The zero-order chi connectivity index (χ0) is 13.1. The predicted molar refractivity (Wildman–Crippen MR) is 77.8 cm³/mol. The highest BCUT2D eigenvalue weighted by Gasteiger charge is 2.08. The van der Waals surface area contributed by atoms with Crippen LogP contribution in [0.5, 0.6) is 0 Å². The number of hydrogen-bond donors (Lipinski definition) is 1. The molecule has 0 saturated heterocycles. The van der Waals surface area contributed by atoms with Gasteiger partial charge in [0.05, 0.1) is 23.0 Å². The fourth-order valence-corrected chi connectivity index (χ4v) is 2.13. The molecule has 0 fully saturated rings. The van der Waals surface area contributed by atoms with E-state index in [0.717, 1.165) is 15.8 Å². The van der Waals surface area contributed by atoms with E-state index in [1.165, 1.54) is 0 Å². The maximum atomic E-state index is 8.91. The Morgan fingerprint density at radius 3 is 2.67 bits per heavy atom. The van der Waals surface area contributed by atoms with Crippen LogP contribution in [0.25, 0.3) is 0 Å². The van der Waals surface area contributed by atoms with Gasteiger partial charge in [-0.05, 0) is 36.4 Å². The maximum absolute atomic E-state index is 8.91. The maximum Gasteiger partial charge on any atom is 0.0992 e. The normalized spacial score (nSPS) is 9.83. The van der Waals surface area contributed by atoms with Gasteiger partial charge in [-0.25, -0.2) is 0 Å². The topological polar surface area (TPSA) is 53.0 Å². The summed E-state index contributed by atoms with van der Waals surface area (Å²) >= 11 is 3.38. The molecule has 2 rings (SSSR count). The largest absolute Gasteiger partial charge is 0.397 e. The van der Waals surface area contributed by atoms with E-state index in [2.05, 4.69) is 22.0 Å². The summed E-state index contributed by atoms with van der Waals surface area (Å²) < 4.78 is 0.947. The highest BCUT2D eigenvalue weighted by Crippen LogP contribution is 2.31. The Kier molecular flexibility index (Phi) is 3.54. The van der Waals surface area contributed by atoms with E-state index in [9.17, 15) is 0 Å². The molecule has 18 heavy (non-hydrogen) atoms. The quantitative estimate of drug-likeness (QED) is 0.861. The second kappa shape index (κ2) is 5.11. The van der Waals surface area contributed by atoms with Gasteiger partial charge in [0.2, 0.25) is 0 Å². The number of halogens is 1. The molecular weight excluding hydrogens is 290 g/mol. The summed E-state index contributed by atoms with van der Waals surface area (Å²) in [4.78, 5) is 1.96. The molecule has 0 atom stereocenters. The molecule has 3 nitrogen and oxygen atoms in total. The third kappa shape index (κ3) is 2.47. The summed E-state index contributed by atoms with van der Waals surface area (Å²) in [6, 6.07) is 15.3. The van der Waals surface area contributed by atoms with Crippen molar-refractivity contribution in [2.75, 3.05) is 17.7 Å². The van der Waals surface area contributed by atoms with Crippen LogP contribution in [0.3, 0.4) is 0 Å². The summed E-state index contributed by atoms with van der Waals surface area (Å²) in [6.45, 7) is 0. The summed E-state index contributed by atoms with van der Waals surface area (Å²) in [5.74, 6) is 0. The third-order valence-electron chi connectivity index (χ3n) is 2.71.